The summed E-state index contributed by atoms with van der Waals surface area (Å²) in [4.78, 5) is 23.2. The van der Waals surface area contributed by atoms with Crippen molar-refractivity contribution in [2.75, 3.05) is 0 Å². The fourth-order valence-corrected chi connectivity index (χ4v) is 1.74. The maximum atomic E-state index is 12.1. The first-order chi connectivity index (χ1) is 9.68. The Morgan fingerprint density at radius 2 is 2.00 bits per heavy atom. The Hall–Kier alpha value is -2.04. The summed E-state index contributed by atoms with van der Waals surface area (Å²) in [6.07, 6.45) is 0.109. The number of nitrogens with one attached hydrogen (secondary N) is 1. The van der Waals surface area contributed by atoms with E-state index in [0.717, 1.165) is 6.42 Å². The van der Waals surface area contributed by atoms with E-state index in [4.69, 9.17) is 9.84 Å². The van der Waals surface area contributed by atoms with Crippen LogP contribution in [0.3, 0.4) is 0 Å². The van der Waals surface area contributed by atoms with E-state index in [1.165, 1.54) is 6.07 Å². The van der Waals surface area contributed by atoms with E-state index >= 15 is 0 Å². The van der Waals surface area contributed by atoms with Crippen molar-refractivity contribution in [1.82, 2.24) is 5.32 Å². The number of amides is 1. The Morgan fingerprint density at radius 1 is 1.38 bits per heavy atom. The van der Waals surface area contributed by atoms with Gasteiger partial charge in [-0.15, -0.1) is 0 Å². The van der Waals surface area contributed by atoms with Gasteiger partial charge in [0.1, 0.15) is 5.75 Å². The molecular formula is C16H23NO4. The molecule has 5 nitrogen and oxygen atoms in total. The summed E-state index contributed by atoms with van der Waals surface area (Å²) in [7, 11) is 0. The lowest BCUT2D eigenvalue weighted by atomic mass is 10.0. The zero-order chi connectivity index (χ0) is 16.2. The topological polar surface area (TPSA) is 75.6 Å². The Morgan fingerprint density at radius 3 is 2.52 bits per heavy atom. The highest BCUT2D eigenvalue weighted by Gasteiger charge is 2.23. The van der Waals surface area contributed by atoms with Crippen molar-refractivity contribution in [3.8, 4) is 5.75 Å². The summed E-state index contributed by atoms with van der Waals surface area (Å²) in [6, 6.07) is 4.78. The second-order valence-corrected chi connectivity index (χ2v) is 5.72. The summed E-state index contributed by atoms with van der Waals surface area (Å²) < 4.78 is 5.61. The minimum atomic E-state index is -1.01. The summed E-state index contributed by atoms with van der Waals surface area (Å²) in [5.74, 6) is -0.823. The van der Waals surface area contributed by atoms with Crippen LogP contribution in [0.5, 0.6) is 5.75 Å². The third kappa shape index (κ3) is 4.48. The van der Waals surface area contributed by atoms with Crippen LogP contribution < -0.4 is 10.1 Å². The Bertz CT molecular complexity index is 537. The Labute approximate surface area is 125 Å². The molecule has 1 amide bonds. The lowest BCUT2D eigenvalue weighted by Crippen LogP contribution is -2.48. The fraction of sp³-hybridized carbons (Fsp3) is 0.500. The van der Waals surface area contributed by atoms with Crippen molar-refractivity contribution in [3.63, 3.8) is 0 Å². The molecule has 0 aliphatic carbocycles. The minimum Gasteiger partial charge on any atom is -0.481 e. The Kier molecular flexibility index (Phi) is 5.35. The number of benzene rings is 1. The number of carboxylic acid groups (broad SMARTS) is 1. The van der Waals surface area contributed by atoms with Gasteiger partial charge in [0.15, 0.2) is 6.10 Å². The molecule has 21 heavy (non-hydrogen) atoms. The number of carbonyl (C=O) groups excluding carboxylic acids is 1. The SMILES string of the molecule is CCC(C)(C)NC(=O)C(C)Oc1cccc(C(=O)O)c1C. The molecule has 0 aliphatic heterocycles. The van der Waals surface area contributed by atoms with Crippen LogP contribution in [0.4, 0.5) is 0 Å². The fourth-order valence-electron chi connectivity index (χ4n) is 1.74. The van der Waals surface area contributed by atoms with Crippen LogP contribution >= 0.6 is 0 Å². The van der Waals surface area contributed by atoms with E-state index in [1.807, 2.05) is 20.8 Å². The molecule has 1 aromatic carbocycles. The smallest absolute Gasteiger partial charge is 0.336 e. The van der Waals surface area contributed by atoms with Crippen LogP contribution in [-0.4, -0.2) is 28.6 Å². The van der Waals surface area contributed by atoms with Crippen molar-refractivity contribution in [2.24, 2.45) is 0 Å². The van der Waals surface area contributed by atoms with Crippen molar-refractivity contribution in [1.29, 1.82) is 0 Å². The molecule has 0 spiro atoms. The minimum absolute atomic E-state index is 0.175. The van der Waals surface area contributed by atoms with Gasteiger partial charge >= 0.3 is 5.97 Å². The second-order valence-electron chi connectivity index (χ2n) is 5.72. The zero-order valence-corrected chi connectivity index (χ0v) is 13.2. The van der Waals surface area contributed by atoms with Gasteiger partial charge < -0.3 is 15.2 Å². The van der Waals surface area contributed by atoms with Crippen molar-refractivity contribution < 1.29 is 19.4 Å². The van der Waals surface area contributed by atoms with Gasteiger partial charge in [-0.2, -0.15) is 0 Å². The largest absolute Gasteiger partial charge is 0.481 e. The molecule has 2 N–H and O–H groups in total. The molecule has 1 atom stereocenters. The van der Waals surface area contributed by atoms with Gasteiger partial charge in [0, 0.05) is 11.1 Å². The average Bonchev–Trinajstić information content (AvgIpc) is 2.40. The van der Waals surface area contributed by atoms with Gasteiger partial charge in [0.25, 0.3) is 5.91 Å². The lowest BCUT2D eigenvalue weighted by Gasteiger charge is -2.27. The van der Waals surface area contributed by atoms with Gasteiger partial charge in [0.2, 0.25) is 0 Å². The summed E-state index contributed by atoms with van der Waals surface area (Å²) in [6.45, 7) is 9.18. The van der Waals surface area contributed by atoms with Crippen molar-refractivity contribution >= 4 is 11.9 Å². The molecule has 0 saturated carbocycles. The second kappa shape index (κ2) is 6.61. The first kappa shape index (κ1) is 17.0. The van der Waals surface area contributed by atoms with Crippen LogP contribution in [0.25, 0.3) is 0 Å². The van der Waals surface area contributed by atoms with E-state index in [0.29, 0.717) is 11.3 Å². The molecule has 1 unspecified atom stereocenters. The normalized spacial score (nSPS) is 12.6. The van der Waals surface area contributed by atoms with E-state index in [9.17, 15) is 9.59 Å². The highest BCUT2D eigenvalue weighted by Crippen LogP contribution is 2.22. The van der Waals surface area contributed by atoms with Crippen LogP contribution in [0.2, 0.25) is 0 Å². The van der Waals surface area contributed by atoms with Gasteiger partial charge in [0.05, 0.1) is 5.56 Å². The molecule has 1 rings (SSSR count). The number of hydrogen-bond acceptors (Lipinski definition) is 3. The summed E-state index contributed by atoms with van der Waals surface area (Å²) >= 11 is 0. The van der Waals surface area contributed by atoms with Crippen LogP contribution in [0, 0.1) is 6.92 Å². The van der Waals surface area contributed by atoms with Gasteiger partial charge in [-0.1, -0.05) is 13.0 Å². The van der Waals surface area contributed by atoms with Gasteiger partial charge in [-0.3, -0.25) is 4.79 Å². The highest BCUT2D eigenvalue weighted by atomic mass is 16.5. The van der Waals surface area contributed by atoms with Crippen LogP contribution in [0.15, 0.2) is 18.2 Å². The third-order valence-corrected chi connectivity index (χ3v) is 3.53. The first-order valence-corrected chi connectivity index (χ1v) is 6.99. The average molecular weight is 293 g/mol. The van der Waals surface area contributed by atoms with Crippen LogP contribution in [0.1, 0.15) is 50.0 Å². The maximum absolute atomic E-state index is 12.1. The number of hydrogen-bond donors (Lipinski definition) is 2. The number of rotatable bonds is 6. The molecule has 0 saturated heterocycles. The number of ether oxygens (including phenoxy) is 1. The molecule has 0 radical (unpaired) electrons. The predicted octanol–water partition coefficient (Wildman–Crippen LogP) is 2.77. The summed E-state index contributed by atoms with van der Waals surface area (Å²) in [5.41, 5.74) is 0.389. The number of carboxylic acids is 1. The predicted molar refractivity (Wildman–Crippen MR) is 80.7 cm³/mol. The number of aromatic carboxylic acids is 1. The number of carbonyl (C=O) groups is 2. The van der Waals surface area contributed by atoms with Gasteiger partial charge in [-0.05, 0) is 46.2 Å². The molecule has 0 aliphatic rings. The molecule has 0 heterocycles. The quantitative estimate of drug-likeness (QED) is 0.845. The molecular weight excluding hydrogens is 270 g/mol. The first-order valence-electron chi connectivity index (χ1n) is 6.99. The van der Waals surface area contributed by atoms with E-state index in [-0.39, 0.29) is 17.0 Å². The molecule has 1 aromatic rings. The zero-order valence-electron chi connectivity index (χ0n) is 13.2. The highest BCUT2D eigenvalue weighted by molar-refractivity contribution is 5.90. The third-order valence-electron chi connectivity index (χ3n) is 3.53. The Balaban J connectivity index is 2.84. The molecule has 0 aromatic heterocycles. The van der Waals surface area contributed by atoms with E-state index in [2.05, 4.69) is 5.32 Å². The molecule has 0 bridgehead atoms. The van der Waals surface area contributed by atoms with Crippen molar-refractivity contribution in [3.05, 3.63) is 29.3 Å². The molecule has 116 valence electrons. The van der Waals surface area contributed by atoms with Crippen molar-refractivity contribution in [2.45, 2.75) is 52.7 Å². The monoisotopic (exact) mass is 293 g/mol. The lowest BCUT2D eigenvalue weighted by molar-refractivity contribution is -0.129. The van der Waals surface area contributed by atoms with Crippen LogP contribution in [-0.2, 0) is 4.79 Å². The molecule has 0 fully saturated rings. The van der Waals surface area contributed by atoms with Gasteiger partial charge in [-0.25, -0.2) is 4.79 Å². The molecule has 5 heteroatoms. The van der Waals surface area contributed by atoms with E-state index < -0.39 is 12.1 Å². The van der Waals surface area contributed by atoms with E-state index in [1.54, 1.807) is 26.0 Å². The standard InChI is InChI=1S/C16H23NO4/c1-6-16(4,5)17-14(18)11(3)21-13-9-7-8-12(10(13)2)15(19)20/h7-9,11H,6H2,1-5H3,(H,17,18)(H,19,20). The maximum Gasteiger partial charge on any atom is 0.336 e. The summed E-state index contributed by atoms with van der Waals surface area (Å²) in [5, 5.41) is 12.0.